The zero-order valence-electron chi connectivity index (χ0n) is 31.4. The molecule has 17 heteroatoms. The van der Waals surface area contributed by atoms with Gasteiger partial charge in [0.1, 0.15) is 23.9 Å². The molecule has 2 rings (SSSR count). The molecule has 54 heavy (non-hydrogen) atoms. The lowest BCUT2D eigenvalue weighted by molar-refractivity contribution is -0.145. The Bertz CT molecular complexity index is 1580. The second kappa shape index (κ2) is 21.2. The van der Waals surface area contributed by atoms with Crippen molar-refractivity contribution in [3.8, 4) is 5.75 Å². The number of halogens is 1. The molecule has 0 heterocycles. The SMILES string of the molecule is CC(C)C[C@H](NC(=O)[C@H](Cc1ccc(Cl)cc1)NC(=O)CNC(=O)[C@@H](COC(C)(C)C)NC(=O)[C@@H](N)Cc1ccc(O)cc1)C(=O)N[C@H](C(=O)O)[C@@H](C)O. The molecule has 0 unspecified atom stereocenters. The third-order valence-corrected chi connectivity index (χ3v) is 8.11. The first-order valence-corrected chi connectivity index (χ1v) is 17.8. The van der Waals surface area contributed by atoms with Crippen LogP contribution >= 0.6 is 11.6 Å². The number of benzene rings is 2. The van der Waals surface area contributed by atoms with Gasteiger partial charge in [-0.05, 0) is 81.8 Å². The van der Waals surface area contributed by atoms with E-state index in [9.17, 15) is 44.1 Å². The third kappa shape index (κ3) is 16.5. The van der Waals surface area contributed by atoms with Gasteiger partial charge in [-0.2, -0.15) is 0 Å². The van der Waals surface area contributed by atoms with Crippen LogP contribution in [0, 0.1) is 5.92 Å². The average molecular weight is 777 g/mol. The summed E-state index contributed by atoms with van der Waals surface area (Å²) in [5.74, 6) is -5.38. The topological polar surface area (TPSA) is 259 Å². The number of phenols is 1. The number of phenolic OH excluding ortho intramolecular Hbond substituents is 1. The summed E-state index contributed by atoms with van der Waals surface area (Å²) in [6.07, 6.45) is -1.27. The van der Waals surface area contributed by atoms with E-state index in [2.05, 4.69) is 26.6 Å². The van der Waals surface area contributed by atoms with E-state index in [0.717, 1.165) is 0 Å². The Morgan fingerprint density at radius 1 is 0.759 bits per heavy atom. The van der Waals surface area contributed by atoms with Crippen LogP contribution in [-0.4, -0.2) is 106 Å². The summed E-state index contributed by atoms with van der Waals surface area (Å²) in [7, 11) is 0. The highest BCUT2D eigenvalue weighted by Crippen LogP contribution is 2.14. The van der Waals surface area contributed by atoms with Crippen molar-refractivity contribution in [3.63, 3.8) is 0 Å². The molecule has 0 aliphatic heterocycles. The van der Waals surface area contributed by atoms with Gasteiger partial charge < -0.3 is 52.4 Å². The summed E-state index contributed by atoms with van der Waals surface area (Å²) in [6, 6.07) is 6.16. The maximum Gasteiger partial charge on any atom is 0.328 e. The smallest absolute Gasteiger partial charge is 0.328 e. The van der Waals surface area contributed by atoms with Crippen molar-refractivity contribution in [1.29, 1.82) is 0 Å². The number of carbonyl (C=O) groups excluding carboxylic acids is 5. The molecule has 0 spiro atoms. The number of rotatable bonds is 20. The highest BCUT2D eigenvalue weighted by molar-refractivity contribution is 6.30. The number of aromatic hydroxyl groups is 1. The molecule has 16 nitrogen and oxygen atoms in total. The molecule has 0 saturated heterocycles. The Labute approximate surface area is 319 Å². The number of carboxylic acid groups (broad SMARTS) is 1. The number of hydrogen-bond donors (Lipinski definition) is 9. The van der Waals surface area contributed by atoms with Gasteiger partial charge in [0, 0.05) is 11.4 Å². The lowest BCUT2D eigenvalue weighted by Crippen LogP contribution is -2.59. The Hall–Kier alpha value is -4.77. The molecule has 6 atom stereocenters. The summed E-state index contributed by atoms with van der Waals surface area (Å²) in [5, 5.41) is 41.7. The van der Waals surface area contributed by atoms with Crippen LogP contribution in [0.1, 0.15) is 59.1 Å². The maximum atomic E-state index is 13.7. The van der Waals surface area contributed by atoms with Crippen molar-refractivity contribution < 1.29 is 48.8 Å². The lowest BCUT2D eigenvalue weighted by atomic mass is 10.0. The van der Waals surface area contributed by atoms with Crippen LogP contribution in [0.3, 0.4) is 0 Å². The van der Waals surface area contributed by atoms with Crippen LogP contribution in [0.4, 0.5) is 0 Å². The lowest BCUT2D eigenvalue weighted by Gasteiger charge is -2.27. The molecule has 0 aromatic heterocycles. The highest BCUT2D eigenvalue weighted by atomic mass is 35.5. The van der Waals surface area contributed by atoms with Crippen LogP contribution in [0.25, 0.3) is 0 Å². The van der Waals surface area contributed by atoms with Gasteiger partial charge in [0.25, 0.3) is 0 Å². The Morgan fingerprint density at radius 3 is 1.83 bits per heavy atom. The quantitative estimate of drug-likeness (QED) is 0.0897. The van der Waals surface area contributed by atoms with Crippen molar-refractivity contribution in [1.82, 2.24) is 26.6 Å². The zero-order valence-corrected chi connectivity index (χ0v) is 32.1. The number of hydrogen-bond acceptors (Lipinski definition) is 10. The molecule has 0 aliphatic carbocycles. The molecule has 298 valence electrons. The first-order valence-electron chi connectivity index (χ1n) is 17.5. The molecule has 0 aliphatic rings. The van der Waals surface area contributed by atoms with Crippen molar-refractivity contribution in [2.45, 2.75) is 103 Å². The van der Waals surface area contributed by atoms with Crippen LogP contribution in [0.2, 0.25) is 5.02 Å². The molecular formula is C37H53ClN6O10. The molecule has 2 aromatic carbocycles. The van der Waals surface area contributed by atoms with E-state index in [-0.39, 0.29) is 37.5 Å². The largest absolute Gasteiger partial charge is 0.508 e. The summed E-state index contributed by atoms with van der Waals surface area (Å²) in [6.45, 7) is 9.18. The van der Waals surface area contributed by atoms with Gasteiger partial charge in [-0.15, -0.1) is 0 Å². The number of aliphatic hydroxyl groups excluding tert-OH is 1. The Kier molecular flexibility index (Phi) is 17.8. The van der Waals surface area contributed by atoms with E-state index < -0.39 is 84.0 Å². The average Bonchev–Trinajstić information content (AvgIpc) is 3.08. The summed E-state index contributed by atoms with van der Waals surface area (Å²) < 4.78 is 5.75. The van der Waals surface area contributed by atoms with E-state index >= 15 is 0 Å². The van der Waals surface area contributed by atoms with Crippen LogP contribution in [-0.2, 0) is 46.3 Å². The van der Waals surface area contributed by atoms with E-state index in [4.69, 9.17) is 22.1 Å². The number of nitrogens with one attached hydrogen (secondary N) is 5. The minimum Gasteiger partial charge on any atom is -0.508 e. The van der Waals surface area contributed by atoms with Crippen LogP contribution < -0.4 is 32.3 Å². The first kappa shape index (κ1) is 45.4. The molecule has 0 radical (unpaired) electrons. The predicted octanol–water partition coefficient (Wildman–Crippen LogP) is 0.540. The fourth-order valence-electron chi connectivity index (χ4n) is 4.99. The molecule has 0 saturated carbocycles. The zero-order chi connectivity index (χ0) is 40.7. The van der Waals surface area contributed by atoms with Crippen LogP contribution in [0.5, 0.6) is 5.75 Å². The first-order chi connectivity index (χ1) is 25.1. The number of ether oxygens (including phenoxy) is 1. The predicted molar refractivity (Wildman–Crippen MR) is 200 cm³/mol. The summed E-state index contributed by atoms with van der Waals surface area (Å²) in [5.41, 5.74) is 6.69. The number of nitrogens with two attached hydrogens (primary N) is 1. The number of carbonyl (C=O) groups is 6. The number of amides is 5. The number of aliphatic hydroxyl groups is 1. The van der Waals surface area contributed by atoms with Crippen molar-refractivity contribution in [2.24, 2.45) is 11.7 Å². The number of aliphatic carboxylic acids is 1. The van der Waals surface area contributed by atoms with Gasteiger partial charge in [-0.1, -0.05) is 49.7 Å². The second-order valence-electron chi connectivity index (χ2n) is 14.4. The molecule has 5 amide bonds. The molecular weight excluding hydrogens is 724 g/mol. The van der Waals surface area contributed by atoms with Gasteiger partial charge in [-0.25, -0.2) is 4.79 Å². The maximum absolute atomic E-state index is 13.7. The third-order valence-electron chi connectivity index (χ3n) is 7.86. The molecule has 0 fully saturated rings. The van der Waals surface area contributed by atoms with Crippen LogP contribution in [0.15, 0.2) is 48.5 Å². The van der Waals surface area contributed by atoms with Gasteiger partial charge in [0.2, 0.25) is 29.5 Å². The Morgan fingerprint density at radius 2 is 1.30 bits per heavy atom. The number of carboxylic acids is 1. The summed E-state index contributed by atoms with van der Waals surface area (Å²) in [4.78, 5) is 78.0. The molecule has 10 N–H and O–H groups in total. The standard InChI is InChI=1S/C37H53ClN6O10/c1-20(2)15-27(35(51)44-31(21(3)45)36(52)53)42-34(50)28(17-23-7-11-24(38)12-8-23)41-30(47)18-40-33(49)29(19-54-37(4,5)6)43-32(48)26(39)16-22-9-13-25(46)14-10-22/h7-14,20-21,26-29,31,45-46H,15-19,39H2,1-6H3,(H,40,49)(H,41,47)(H,42,50)(H,43,48)(H,44,51)(H,52,53)/t21-,26+,27+,28+,29-,31+/m1/s1. The van der Waals surface area contributed by atoms with Gasteiger partial charge >= 0.3 is 5.97 Å². The molecule has 0 bridgehead atoms. The van der Waals surface area contributed by atoms with Gasteiger partial charge in [0.15, 0.2) is 6.04 Å². The Balaban J connectivity index is 2.21. The normalized spacial score (nSPS) is 14.8. The van der Waals surface area contributed by atoms with Crippen molar-refractivity contribution in [3.05, 3.63) is 64.7 Å². The minimum absolute atomic E-state index is 0.0520. The van der Waals surface area contributed by atoms with E-state index in [1.54, 1.807) is 71.0 Å². The summed E-state index contributed by atoms with van der Waals surface area (Å²) >= 11 is 6.02. The van der Waals surface area contributed by atoms with Gasteiger partial charge in [0.05, 0.1) is 30.9 Å². The fourth-order valence-corrected chi connectivity index (χ4v) is 5.12. The van der Waals surface area contributed by atoms with Crippen molar-refractivity contribution >= 4 is 47.1 Å². The van der Waals surface area contributed by atoms with E-state index in [0.29, 0.717) is 16.1 Å². The fraction of sp³-hybridized carbons (Fsp3) is 0.514. The van der Waals surface area contributed by atoms with E-state index in [1.807, 2.05) is 0 Å². The van der Waals surface area contributed by atoms with E-state index in [1.165, 1.54) is 19.1 Å². The highest BCUT2D eigenvalue weighted by Gasteiger charge is 2.32. The monoisotopic (exact) mass is 776 g/mol. The molecule has 2 aromatic rings. The van der Waals surface area contributed by atoms with Crippen molar-refractivity contribution in [2.75, 3.05) is 13.2 Å². The minimum atomic E-state index is -1.63. The second-order valence-corrected chi connectivity index (χ2v) is 14.8. The van der Waals surface area contributed by atoms with Gasteiger partial charge in [-0.3, -0.25) is 24.0 Å².